The molecular weight excluding hydrogens is 370 g/mol. The van der Waals surface area contributed by atoms with Crippen molar-refractivity contribution in [3.63, 3.8) is 0 Å². The van der Waals surface area contributed by atoms with Crippen molar-refractivity contribution in [2.24, 2.45) is 11.3 Å². The third kappa shape index (κ3) is 3.03. The van der Waals surface area contributed by atoms with Crippen LogP contribution in [-0.4, -0.2) is 48.0 Å². The highest BCUT2D eigenvalue weighted by molar-refractivity contribution is 6.05. The van der Waals surface area contributed by atoms with Crippen molar-refractivity contribution in [2.75, 3.05) is 18.0 Å². The zero-order valence-corrected chi connectivity index (χ0v) is 16.4. The maximum absolute atomic E-state index is 12.8. The van der Waals surface area contributed by atoms with Gasteiger partial charge < -0.3 is 14.6 Å². The molecule has 3 heterocycles. The van der Waals surface area contributed by atoms with Crippen molar-refractivity contribution >= 4 is 29.7 Å². The van der Waals surface area contributed by atoms with Crippen molar-refractivity contribution in [3.05, 3.63) is 29.3 Å². The Bertz CT molecular complexity index is 895. The van der Waals surface area contributed by atoms with Crippen LogP contribution >= 0.6 is 0 Å². The SMILES string of the molecule is O=CC1CC2(CCN(c3ccc4c(c3)CN(C3CCC(=O)NC3=O)C4=O)CC2)C1. The van der Waals surface area contributed by atoms with Crippen molar-refractivity contribution in [2.45, 2.75) is 51.1 Å². The smallest absolute Gasteiger partial charge is 0.255 e. The molecule has 1 aliphatic carbocycles. The quantitative estimate of drug-likeness (QED) is 0.621. The molecule has 1 unspecified atom stereocenters. The number of hydrogen-bond acceptors (Lipinski definition) is 5. The number of benzene rings is 1. The van der Waals surface area contributed by atoms with Crippen LogP contribution < -0.4 is 10.2 Å². The first-order valence-electron chi connectivity index (χ1n) is 10.5. The first kappa shape index (κ1) is 18.3. The Morgan fingerprint density at radius 2 is 1.86 bits per heavy atom. The van der Waals surface area contributed by atoms with E-state index < -0.39 is 6.04 Å². The maximum Gasteiger partial charge on any atom is 0.255 e. The van der Waals surface area contributed by atoms with Crippen LogP contribution in [0.1, 0.15) is 54.4 Å². The molecule has 29 heavy (non-hydrogen) atoms. The second-order valence-electron chi connectivity index (χ2n) is 9.03. The van der Waals surface area contributed by atoms with Gasteiger partial charge in [0.25, 0.3) is 5.91 Å². The highest BCUT2D eigenvalue weighted by atomic mass is 16.2. The standard InChI is InChI=1S/C22H25N3O4/c26-13-14-10-22(11-14)5-7-24(8-6-22)16-1-2-17-15(9-16)12-25(21(17)29)18-3-4-19(27)23-20(18)28/h1-2,9,13-14,18H,3-8,10-12H2,(H,23,27,28). The fourth-order valence-corrected chi connectivity index (χ4v) is 5.55. The summed E-state index contributed by atoms with van der Waals surface area (Å²) in [5, 5.41) is 2.34. The summed E-state index contributed by atoms with van der Waals surface area (Å²) in [5.74, 6) is -0.525. The number of nitrogens with one attached hydrogen (secondary N) is 1. The van der Waals surface area contributed by atoms with Crippen molar-refractivity contribution in [1.82, 2.24) is 10.2 Å². The molecule has 2 saturated heterocycles. The molecule has 3 amide bonds. The minimum atomic E-state index is -0.574. The number of rotatable bonds is 3. The molecule has 0 bridgehead atoms. The van der Waals surface area contributed by atoms with E-state index in [2.05, 4.69) is 16.3 Å². The molecule has 1 spiro atoms. The topological polar surface area (TPSA) is 86.8 Å². The van der Waals surface area contributed by atoms with Gasteiger partial charge in [-0.3, -0.25) is 19.7 Å². The first-order chi connectivity index (χ1) is 14.0. The molecule has 7 heteroatoms. The van der Waals surface area contributed by atoms with Gasteiger partial charge in [0.05, 0.1) is 0 Å². The van der Waals surface area contributed by atoms with Crippen LogP contribution in [0.4, 0.5) is 5.69 Å². The van der Waals surface area contributed by atoms with Gasteiger partial charge in [0, 0.05) is 43.2 Å². The largest absolute Gasteiger partial charge is 0.371 e. The van der Waals surface area contributed by atoms with E-state index >= 15 is 0 Å². The van der Waals surface area contributed by atoms with Crippen LogP contribution in [0.2, 0.25) is 0 Å². The lowest BCUT2D eigenvalue weighted by Gasteiger charge is -2.51. The normalized spacial score (nSPS) is 26.3. The molecule has 1 aromatic rings. The van der Waals surface area contributed by atoms with E-state index in [-0.39, 0.29) is 30.1 Å². The molecule has 1 saturated carbocycles. The van der Waals surface area contributed by atoms with Gasteiger partial charge in [-0.05, 0) is 61.3 Å². The van der Waals surface area contributed by atoms with Crippen LogP contribution in [-0.2, 0) is 20.9 Å². The second kappa shape index (κ2) is 6.68. The Morgan fingerprint density at radius 3 is 2.55 bits per heavy atom. The fraction of sp³-hybridized carbons (Fsp3) is 0.545. The summed E-state index contributed by atoms with van der Waals surface area (Å²) in [6, 6.07) is 5.37. The summed E-state index contributed by atoms with van der Waals surface area (Å²) < 4.78 is 0. The average Bonchev–Trinajstić information content (AvgIpc) is 3.02. The van der Waals surface area contributed by atoms with Crippen LogP contribution in [0.25, 0.3) is 0 Å². The van der Waals surface area contributed by atoms with Gasteiger partial charge in [0.1, 0.15) is 12.3 Å². The molecule has 3 aliphatic heterocycles. The van der Waals surface area contributed by atoms with E-state index in [1.165, 1.54) is 0 Å². The summed E-state index contributed by atoms with van der Waals surface area (Å²) in [4.78, 5) is 51.3. The third-order valence-electron chi connectivity index (χ3n) is 7.28. The van der Waals surface area contributed by atoms with Crippen molar-refractivity contribution < 1.29 is 19.2 Å². The van der Waals surface area contributed by atoms with E-state index in [4.69, 9.17) is 0 Å². The van der Waals surface area contributed by atoms with Crippen LogP contribution in [0.5, 0.6) is 0 Å². The van der Waals surface area contributed by atoms with Crippen LogP contribution in [0, 0.1) is 11.3 Å². The summed E-state index contributed by atoms with van der Waals surface area (Å²) in [6.45, 7) is 2.34. The lowest BCUT2D eigenvalue weighted by Crippen LogP contribution is -2.52. The summed E-state index contributed by atoms with van der Waals surface area (Å²) in [6.07, 6.45) is 6.03. The summed E-state index contributed by atoms with van der Waals surface area (Å²) in [5.41, 5.74) is 3.07. The molecule has 152 valence electrons. The number of amides is 3. The lowest BCUT2D eigenvalue weighted by molar-refractivity contribution is -0.136. The van der Waals surface area contributed by atoms with E-state index in [0.717, 1.165) is 56.3 Å². The molecule has 0 aromatic heterocycles. The van der Waals surface area contributed by atoms with Crippen molar-refractivity contribution in [3.8, 4) is 0 Å². The lowest BCUT2D eigenvalue weighted by atomic mass is 9.58. The zero-order valence-electron chi connectivity index (χ0n) is 16.4. The Morgan fingerprint density at radius 1 is 1.10 bits per heavy atom. The number of carbonyl (C=O) groups is 4. The fourth-order valence-electron chi connectivity index (χ4n) is 5.55. The number of carbonyl (C=O) groups excluding carboxylic acids is 4. The molecule has 5 rings (SSSR count). The molecule has 1 atom stereocenters. The van der Waals surface area contributed by atoms with E-state index in [9.17, 15) is 19.2 Å². The molecular formula is C22H25N3O4. The molecule has 0 radical (unpaired) electrons. The average molecular weight is 395 g/mol. The van der Waals surface area contributed by atoms with Gasteiger partial charge in [-0.2, -0.15) is 0 Å². The number of imide groups is 1. The highest BCUT2D eigenvalue weighted by Gasteiger charge is 2.46. The number of piperidine rings is 2. The van der Waals surface area contributed by atoms with E-state index in [1.54, 1.807) is 4.90 Å². The van der Waals surface area contributed by atoms with Gasteiger partial charge in [0.15, 0.2) is 0 Å². The highest BCUT2D eigenvalue weighted by Crippen LogP contribution is 2.52. The molecule has 1 aromatic carbocycles. The van der Waals surface area contributed by atoms with Gasteiger partial charge in [0.2, 0.25) is 11.8 Å². The summed E-state index contributed by atoms with van der Waals surface area (Å²) >= 11 is 0. The van der Waals surface area contributed by atoms with Crippen LogP contribution in [0.3, 0.4) is 0 Å². The van der Waals surface area contributed by atoms with E-state index in [1.807, 2.05) is 12.1 Å². The predicted octanol–water partition coefficient (Wildman–Crippen LogP) is 1.64. The number of fused-ring (bicyclic) bond motifs is 1. The van der Waals surface area contributed by atoms with Crippen molar-refractivity contribution in [1.29, 1.82) is 0 Å². The predicted molar refractivity (Wildman–Crippen MR) is 105 cm³/mol. The molecule has 3 fully saturated rings. The number of nitrogens with zero attached hydrogens (tertiary/aromatic N) is 2. The minimum Gasteiger partial charge on any atom is -0.371 e. The van der Waals surface area contributed by atoms with Gasteiger partial charge >= 0.3 is 0 Å². The number of anilines is 1. The Labute approximate surface area is 169 Å². The van der Waals surface area contributed by atoms with Gasteiger partial charge in [-0.1, -0.05) is 0 Å². The minimum absolute atomic E-state index is 0.131. The Balaban J connectivity index is 1.28. The first-order valence-corrected chi connectivity index (χ1v) is 10.5. The van der Waals surface area contributed by atoms with Gasteiger partial charge in [-0.25, -0.2) is 0 Å². The Hall–Kier alpha value is -2.70. The second-order valence-corrected chi connectivity index (χ2v) is 9.03. The summed E-state index contributed by atoms with van der Waals surface area (Å²) in [7, 11) is 0. The van der Waals surface area contributed by atoms with E-state index in [0.29, 0.717) is 23.9 Å². The maximum atomic E-state index is 12.8. The molecule has 7 nitrogen and oxygen atoms in total. The number of hydrogen-bond donors (Lipinski definition) is 1. The monoisotopic (exact) mass is 395 g/mol. The zero-order chi connectivity index (χ0) is 20.2. The molecule has 4 aliphatic rings. The number of aldehydes is 1. The molecule has 1 N–H and O–H groups in total. The van der Waals surface area contributed by atoms with Gasteiger partial charge in [-0.15, -0.1) is 0 Å². The third-order valence-corrected chi connectivity index (χ3v) is 7.28. The van der Waals surface area contributed by atoms with Crippen LogP contribution in [0.15, 0.2) is 18.2 Å². The Kier molecular flexibility index (Phi) is 4.22.